The molecule has 14 heteroatoms. The van der Waals surface area contributed by atoms with E-state index in [-0.39, 0.29) is 52.4 Å². The molecule has 0 unspecified atom stereocenters. The van der Waals surface area contributed by atoms with Gasteiger partial charge < -0.3 is 25.1 Å². The van der Waals surface area contributed by atoms with Crippen LogP contribution in [0.5, 0.6) is 5.75 Å². The molecule has 10 nitrogen and oxygen atoms in total. The Hall–Kier alpha value is -4.33. The van der Waals surface area contributed by atoms with Crippen LogP contribution in [0, 0.1) is 5.82 Å². The maximum Gasteiger partial charge on any atom is 0.433 e. The summed E-state index contributed by atoms with van der Waals surface area (Å²) in [6, 6.07) is 4.14. The predicted octanol–water partition coefficient (Wildman–Crippen LogP) is 4.19. The number of alkyl halides is 3. The molecule has 1 amide bonds. The Morgan fingerprint density at radius 1 is 1.26 bits per heavy atom. The van der Waals surface area contributed by atoms with E-state index < -0.39 is 29.6 Å². The van der Waals surface area contributed by atoms with E-state index in [2.05, 4.69) is 25.3 Å². The number of amides is 1. The van der Waals surface area contributed by atoms with Crippen molar-refractivity contribution in [3.05, 3.63) is 59.8 Å². The Kier molecular flexibility index (Phi) is 6.80. The van der Waals surface area contributed by atoms with Crippen LogP contribution in [0.2, 0.25) is 0 Å². The molecule has 0 saturated carbocycles. The number of fused-ring (bicyclic) bond motifs is 1. The standard InChI is InChI=1S/C25H23F4N7O3/c1-12(30)21-20(24(37)36-8-7-13(10-36)33-22-16(26)9-31-11-32-22)35-23(39-21)15-3-5-17(38-2)19-14(15)4-6-18(34-19)25(27,28)29/h3-6,9,11-13H,7-8,10,30H2,1-2H3,(H,31,32,33)/t12-,13+/m0/s1. The zero-order chi connectivity index (χ0) is 27.9. The summed E-state index contributed by atoms with van der Waals surface area (Å²) in [4.78, 5) is 30.7. The van der Waals surface area contributed by atoms with Gasteiger partial charge in [-0.05, 0) is 37.6 Å². The van der Waals surface area contributed by atoms with Gasteiger partial charge in [0.1, 0.15) is 23.3 Å². The summed E-state index contributed by atoms with van der Waals surface area (Å²) in [5.74, 6) is -0.760. The van der Waals surface area contributed by atoms with Crippen molar-refractivity contribution in [3.63, 3.8) is 0 Å². The monoisotopic (exact) mass is 545 g/mol. The van der Waals surface area contributed by atoms with Crippen LogP contribution < -0.4 is 15.8 Å². The van der Waals surface area contributed by atoms with Gasteiger partial charge in [-0.15, -0.1) is 0 Å². The molecule has 4 aromatic rings. The van der Waals surface area contributed by atoms with Crippen molar-refractivity contribution >= 4 is 22.6 Å². The van der Waals surface area contributed by atoms with Gasteiger partial charge in [0.05, 0.1) is 19.3 Å². The zero-order valence-electron chi connectivity index (χ0n) is 20.8. The smallest absolute Gasteiger partial charge is 0.433 e. The lowest BCUT2D eigenvalue weighted by molar-refractivity contribution is -0.140. The second-order valence-electron chi connectivity index (χ2n) is 9.03. The molecule has 3 N–H and O–H groups in total. The average molecular weight is 545 g/mol. The van der Waals surface area contributed by atoms with Crippen LogP contribution in [0.1, 0.15) is 41.3 Å². The van der Waals surface area contributed by atoms with Gasteiger partial charge in [0.2, 0.25) is 5.89 Å². The first-order chi connectivity index (χ1) is 18.6. The first-order valence-corrected chi connectivity index (χ1v) is 11.9. The molecule has 1 aliphatic heterocycles. The molecule has 0 aliphatic carbocycles. The number of carbonyl (C=O) groups excluding carboxylic acids is 1. The summed E-state index contributed by atoms with van der Waals surface area (Å²) < 4.78 is 65.0. The van der Waals surface area contributed by atoms with E-state index in [0.29, 0.717) is 18.5 Å². The van der Waals surface area contributed by atoms with E-state index in [9.17, 15) is 22.4 Å². The molecule has 0 radical (unpaired) electrons. The number of aromatic nitrogens is 4. The van der Waals surface area contributed by atoms with Crippen LogP contribution in [-0.2, 0) is 6.18 Å². The Morgan fingerprint density at radius 3 is 2.74 bits per heavy atom. The third-order valence-electron chi connectivity index (χ3n) is 6.31. The summed E-state index contributed by atoms with van der Waals surface area (Å²) in [7, 11) is 1.32. The molecule has 39 heavy (non-hydrogen) atoms. The first kappa shape index (κ1) is 26.3. The number of hydrogen-bond donors (Lipinski definition) is 2. The number of oxazole rings is 1. The molecule has 0 spiro atoms. The summed E-state index contributed by atoms with van der Waals surface area (Å²) >= 11 is 0. The van der Waals surface area contributed by atoms with Crippen molar-refractivity contribution in [1.82, 2.24) is 24.8 Å². The van der Waals surface area contributed by atoms with E-state index in [1.165, 1.54) is 30.5 Å². The van der Waals surface area contributed by atoms with Crippen LogP contribution in [0.3, 0.4) is 0 Å². The number of benzene rings is 1. The minimum atomic E-state index is -4.65. The Morgan fingerprint density at radius 2 is 2.05 bits per heavy atom. The number of anilines is 1. The largest absolute Gasteiger partial charge is 0.494 e. The molecule has 204 valence electrons. The van der Waals surface area contributed by atoms with Crippen molar-refractivity contribution < 1.29 is 31.5 Å². The Labute approximate surface area is 219 Å². The maximum absolute atomic E-state index is 13.9. The van der Waals surface area contributed by atoms with Crippen molar-refractivity contribution in [2.45, 2.75) is 31.6 Å². The summed E-state index contributed by atoms with van der Waals surface area (Å²) in [5, 5.41) is 3.26. The number of halogens is 4. The summed E-state index contributed by atoms with van der Waals surface area (Å²) in [5.41, 5.74) is 5.26. The van der Waals surface area contributed by atoms with Gasteiger partial charge in [-0.2, -0.15) is 13.2 Å². The predicted molar refractivity (Wildman–Crippen MR) is 131 cm³/mol. The number of rotatable bonds is 6. The van der Waals surface area contributed by atoms with E-state index in [4.69, 9.17) is 14.9 Å². The molecule has 1 aliphatic rings. The van der Waals surface area contributed by atoms with Crippen LogP contribution in [0.25, 0.3) is 22.4 Å². The molecule has 1 aromatic carbocycles. The average Bonchev–Trinajstić information content (AvgIpc) is 3.56. The first-order valence-electron chi connectivity index (χ1n) is 11.9. The van der Waals surface area contributed by atoms with Crippen LogP contribution in [0.15, 0.2) is 41.2 Å². The van der Waals surface area contributed by atoms with Crippen LogP contribution >= 0.6 is 0 Å². The second-order valence-corrected chi connectivity index (χ2v) is 9.03. The number of nitrogens with one attached hydrogen (secondary N) is 1. The highest BCUT2D eigenvalue weighted by atomic mass is 19.4. The fourth-order valence-electron chi connectivity index (χ4n) is 4.43. The quantitative estimate of drug-likeness (QED) is 0.342. The lowest BCUT2D eigenvalue weighted by Gasteiger charge is -2.17. The van der Waals surface area contributed by atoms with Gasteiger partial charge in [-0.1, -0.05) is 0 Å². The van der Waals surface area contributed by atoms with Gasteiger partial charge in [-0.3, -0.25) is 4.79 Å². The highest BCUT2D eigenvalue weighted by molar-refractivity contribution is 5.98. The lowest BCUT2D eigenvalue weighted by atomic mass is 10.1. The van der Waals surface area contributed by atoms with Gasteiger partial charge in [0.15, 0.2) is 23.1 Å². The number of nitrogens with two attached hydrogens (primary N) is 1. The highest BCUT2D eigenvalue weighted by Crippen LogP contribution is 2.37. The van der Waals surface area contributed by atoms with E-state index in [1.54, 1.807) is 13.0 Å². The molecule has 3 aromatic heterocycles. The van der Waals surface area contributed by atoms with Crippen molar-refractivity contribution in [2.24, 2.45) is 5.73 Å². The van der Waals surface area contributed by atoms with Gasteiger partial charge >= 0.3 is 6.18 Å². The topological polar surface area (TPSA) is 132 Å². The maximum atomic E-state index is 13.9. The number of hydrogen-bond acceptors (Lipinski definition) is 9. The lowest BCUT2D eigenvalue weighted by Crippen LogP contribution is -2.33. The van der Waals surface area contributed by atoms with Crippen molar-refractivity contribution in [2.75, 3.05) is 25.5 Å². The molecule has 1 fully saturated rings. The van der Waals surface area contributed by atoms with E-state index >= 15 is 0 Å². The minimum absolute atomic E-state index is 0.00297. The number of nitrogens with zero attached hydrogens (tertiary/aromatic N) is 5. The molecular formula is C25H23F4N7O3. The Balaban J connectivity index is 1.47. The number of methoxy groups -OCH3 is 1. The second kappa shape index (κ2) is 10.1. The van der Waals surface area contributed by atoms with Crippen LogP contribution in [0.4, 0.5) is 23.4 Å². The van der Waals surface area contributed by atoms with Gasteiger partial charge in [-0.25, -0.2) is 24.3 Å². The summed E-state index contributed by atoms with van der Waals surface area (Å²) in [6.45, 7) is 2.23. The molecule has 1 saturated heterocycles. The van der Waals surface area contributed by atoms with E-state index in [1.807, 2.05) is 0 Å². The fourth-order valence-corrected chi connectivity index (χ4v) is 4.43. The van der Waals surface area contributed by atoms with Crippen LogP contribution in [-0.4, -0.2) is 57.0 Å². The SMILES string of the molecule is COc1ccc(-c2nc(C(=O)N3CC[C@@H](Nc4ncncc4F)C3)c([C@H](C)N)o2)c2ccc(C(F)(F)F)nc12. The molecule has 5 rings (SSSR count). The van der Waals surface area contributed by atoms with Gasteiger partial charge in [0.25, 0.3) is 5.91 Å². The zero-order valence-corrected chi connectivity index (χ0v) is 20.8. The third kappa shape index (κ3) is 5.06. The number of carbonyl (C=O) groups is 1. The third-order valence-corrected chi connectivity index (χ3v) is 6.31. The molecule has 0 bridgehead atoms. The van der Waals surface area contributed by atoms with Crippen molar-refractivity contribution in [1.29, 1.82) is 0 Å². The number of likely N-dealkylation sites (tertiary alicyclic amines) is 1. The van der Waals surface area contributed by atoms with Crippen molar-refractivity contribution in [3.8, 4) is 17.2 Å². The fraction of sp³-hybridized carbons (Fsp3) is 0.320. The molecular weight excluding hydrogens is 522 g/mol. The summed E-state index contributed by atoms with van der Waals surface area (Å²) in [6.07, 6.45) is -1.86. The number of ether oxygens (including phenoxy) is 1. The number of pyridine rings is 1. The Bertz CT molecular complexity index is 1540. The highest BCUT2D eigenvalue weighted by Gasteiger charge is 2.35. The van der Waals surface area contributed by atoms with E-state index in [0.717, 1.165) is 12.3 Å². The van der Waals surface area contributed by atoms with Gasteiger partial charge in [0, 0.05) is 30.1 Å². The molecule has 4 heterocycles. The molecule has 2 atom stereocenters. The normalized spacial score (nSPS) is 16.5. The minimum Gasteiger partial charge on any atom is -0.494 e.